The highest BCUT2D eigenvalue weighted by Crippen LogP contribution is 2.42. The Labute approximate surface area is 315 Å². The van der Waals surface area contributed by atoms with Crippen LogP contribution in [0.3, 0.4) is 0 Å². The molecule has 0 saturated carbocycles. The number of aryl methyl sites for hydroxylation is 7. The lowest BCUT2D eigenvalue weighted by Gasteiger charge is -2.27. The Morgan fingerprint density at radius 3 is 2.02 bits per heavy atom. The van der Waals surface area contributed by atoms with E-state index in [4.69, 9.17) is 25.3 Å². The Morgan fingerprint density at radius 2 is 1.45 bits per heavy atom. The molecule has 6 rings (SSSR count). The van der Waals surface area contributed by atoms with Gasteiger partial charge >= 0.3 is 0 Å². The van der Waals surface area contributed by atoms with E-state index in [1.54, 1.807) is 10.7 Å². The number of rotatable bonds is 8. The molecule has 0 aliphatic carbocycles. The topological polar surface area (TPSA) is 142 Å². The zero-order valence-electron chi connectivity index (χ0n) is 31.9. The van der Waals surface area contributed by atoms with Gasteiger partial charge in [-0.05, 0) is 94.5 Å². The summed E-state index contributed by atoms with van der Waals surface area (Å²) < 4.78 is 31.1. The molecule has 1 N–H and O–H groups in total. The van der Waals surface area contributed by atoms with Crippen molar-refractivity contribution in [1.82, 2.24) is 19.7 Å². The molecule has 0 unspecified atom stereocenters. The second kappa shape index (κ2) is 13.8. The SMILES string of the molecule is Cc1cc(C)c(Nc2nc(N(c3c(C)cc(C)cc3C)S(C)(=O)=O)cc(C)c2N=Nc2c(C#N)c(C(C)(C)C)nn2-c2nc3ccccc3s2)c(C)c1. The summed E-state index contributed by atoms with van der Waals surface area (Å²) >= 11 is 1.44. The molecule has 0 spiro atoms. The standard InChI is InChI=1S/C40H43N9O2S2/c1-22-16-24(3)33(25(4)17-22)44-37-34(26(5)20-32(43-37)49(53(11,50)51)35-27(6)18-23(2)19-28(35)7)45-46-38-29(21-41)36(40(8,9)10)47-48(38)39-42-30-14-12-13-15-31(30)52-39/h12-20H,1-11H3,(H,43,44). The van der Waals surface area contributed by atoms with Crippen LogP contribution >= 0.6 is 11.3 Å². The second-order valence-electron chi connectivity index (χ2n) is 14.7. The number of nitrogens with zero attached hydrogens (tertiary/aromatic N) is 8. The Hall–Kier alpha value is -5.45. The van der Waals surface area contributed by atoms with Crippen LogP contribution in [0.5, 0.6) is 0 Å². The van der Waals surface area contributed by atoms with E-state index in [9.17, 15) is 13.7 Å². The fourth-order valence-electron chi connectivity index (χ4n) is 6.72. The number of thiazole rings is 1. The molecular weight excluding hydrogens is 703 g/mol. The summed E-state index contributed by atoms with van der Waals surface area (Å²) in [5.41, 5.74) is 9.23. The van der Waals surface area contributed by atoms with E-state index < -0.39 is 15.4 Å². The predicted octanol–water partition coefficient (Wildman–Crippen LogP) is 10.5. The molecule has 53 heavy (non-hydrogen) atoms. The molecule has 0 atom stereocenters. The molecule has 0 aliphatic heterocycles. The third kappa shape index (κ3) is 7.29. The first-order valence-corrected chi connectivity index (χ1v) is 19.8. The minimum absolute atomic E-state index is 0.205. The second-order valence-corrected chi connectivity index (χ2v) is 17.5. The van der Waals surface area contributed by atoms with Gasteiger partial charge in [-0.2, -0.15) is 15.0 Å². The number of para-hydroxylation sites is 1. The van der Waals surface area contributed by atoms with Gasteiger partial charge in [-0.3, -0.25) is 0 Å². The number of benzene rings is 3. The number of nitriles is 1. The van der Waals surface area contributed by atoms with Crippen molar-refractivity contribution in [1.29, 1.82) is 5.26 Å². The van der Waals surface area contributed by atoms with Crippen LogP contribution in [-0.4, -0.2) is 34.4 Å². The Bertz CT molecular complexity index is 2530. The van der Waals surface area contributed by atoms with E-state index in [2.05, 4.69) is 23.5 Å². The number of sulfonamides is 1. The van der Waals surface area contributed by atoms with Gasteiger partial charge in [0, 0.05) is 11.1 Å². The quantitative estimate of drug-likeness (QED) is 0.153. The van der Waals surface area contributed by atoms with Crippen LogP contribution in [-0.2, 0) is 15.4 Å². The third-order valence-corrected chi connectivity index (χ3v) is 10.9. The van der Waals surface area contributed by atoms with Gasteiger partial charge in [0.25, 0.3) is 0 Å². The lowest BCUT2D eigenvalue weighted by atomic mass is 9.90. The summed E-state index contributed by atoms with van der Waals surface area (Å²) in [4.78, 5) is 9.78. The van der Waals surface area contributed by atoms with Gasteiger partial charge in [-0.1, -0.05) is 79.6 Å². The average Bonchev–Trinajstić information content (AvgIpc) is 3.64. The molecule has 0 aliphatic rings. The van der Waals surface area contributed by atoms with Crippen LogP contribution < -0.4 is 9.62 Å². The van der Waals surface area contributed by atoms with Gasteiger partial charge in [0.2, 0.25) is 15.2 Å². The summed E-state index contributed by atoms with van der Waals surface area (Å²) in [6, 6.07) is 19.9. The van der Waals surface area contributed by atoms with Crippen LogP contribution in [0.4, 0.5) is 34.5 Å². The predicted molar refractivity (Wildman–Crippen MR) is 215 cm³/mol. The summed E-state index contributed by atoms with van der Waals surface area (Å²) in [7, 11) is -3.86. The first-order valence-electron chi connectivity index (χ1n) is 17.1. The lowest BCUT2D eigenvalue weighted by molar-refractivity contribution is 0.559. The van der Waals surface area contributed by atoms with E-state index in [0.29, 0.717) is 33.6 Å². The highest BCUT2D eigenvalue weighted by molar-refractivity contribution is 7.92. The van der Waals surface area contributed by atoms with Crippen molar-refractivity contribution >= 4 is 66.1 Å². The summed E-state index contributed by atoms with van der Waals surface area (Å²) in [5.74, 6) is 0.740. The number of hydrogen-bond donors (Lipinski definition) is 1. The average molecular weight is 746 g/mol. The van der Waals surface area contributed by atoms with Crippen LogP contribution in [0, 0.1) is 59.8 Å². The largest absolute Gasteiger partial charge is 0.338 e. The third-order valence-electron chi connectivity index (χ3n) is 8.86. The number of hydrogen-bond acceptors (Lipinski definition) is 10. The number of pyridine rings is 1. The van der Waals surface area contributed by atoms with Crippen LogP contribution in [0.25, 0.3) is 15.3 Å². The van der Waals surface area contributed by atoms with Crippen LogP contribution in [0.2, 0.25) is 0 Å². The van der Waals surface area contributed by atoms with E-state index in [1.165, 1.54) is 21.9 Å². The van der Waals surface area contributed by atoms with Crippen molar-refractivity contribution < 1.29 is 8.42 Å². The first kappa shape index (κ1) is 37.3. The molecule has 272 valence electrons. The van der Waals surface area contributed by atoms with Gasteiger partial charge in [0.15, 0.2) is 11.6 Å². The Balaban J connectivity index is 1.60. The van der Waals surface area contributed by atoms with Crippen molar-refractivity contribution in [3.63, 3.8) is 0 Å². The van der Waals surface area contributed by atoms with Gasteiger partial charge in [0.05, 0.1) is 27.9 Å². The highest BCUT2D eigenvalue weighted by Gasteiger charge is 2.30. The molecular formula is C40H43N9O2S2. The molecule has 0 saturated heterocycles. The van der Waals surface area contributed by atoms with Gasteiger partial charge in [-0.15, -0.1) is 10.2 Å². The fourth-order valence-corrected chi connectivity index (χ4v) is 8.69. The molecule has 6 aromatic rings. The highest BCUT2D eigenvalue weighted by atomic mass is 32.2. The number of aromatic nitrogens is 4. The van der Waals surface area contributed by atoms with Crippen molar-refractivity contribution in [3.05, 3.63) is 105 Å². The van der Waals surface area contributed by atoms with Crippen molar-refractivity contribution in [2.45, 2.75) is 74.7 Å². The molecule has 3 aromatic carbocycles. The number of nitrogens with one attached hydrogen (secondary N) is 1. The van der Waals surface area contributed by atoms with Gasteiger partial charge in [0.1, 0.15) is 23.1 Å². The van der Waals surface area contributed by atoms with E-state index >= 15 is 0 Å². The van der Waals surface area contributed by atoms with Crippen molar-refractivity contribution in [3.8, 4) is 11.2 Å². The van der Waals surface area contributed by atoms with E-state index in [-0.39, 0.29) is 17.2 Å². The monoisotopic (exact) mass is 745 g/mol. The van der Waals surface area contributed by atoms with Gasteiger partial charge in [-0.25, -0.2) is 22.7 Å². The molecule has 3 heterocycles. The summed E-state index contributed by atoms with van der Waals surface area (Å²) in [5, 5.41) is 28.9. The minimum atomic E-state index is -3.86. The maximum absolute atomic E-state index is 13.6. The minimum Gasteiger partial charge on any atom is -0.338 e. The summed E-state index contributed by atoms with van der Waals surface area (Å²) in [6.07, 6.45) is 1.18. The Morgan fingerprint density at radius 1 is 0.849 bits per heavy atom. The lowest BCUT2D eigenvalue weighted by Crippen LogP contribution is -2.27. The molecule has 0 amide bonds. The fraction of sp³-hybridized carbons (Fsp3) is 0.300. The van der Waals surface area contributed by atoms with Crippen molar-refractivity contribution in [2.75, 3.05) is 15.9 Å². The molecule has 13 heteroatoms. The van der Waals surface area contributed by atoms with Crippen molar-refractivity contribution in [2.24, 2.45) is 10.2 Å². The molecule has 0 radical (unpaired) electrons. The maximum atomic E-state index is 13.6. The first-order chi connectivity index (χ1) is 24.9. The number of azo groups is 1. The molecule has 0 fully saturated rings. The van der Waals surface area contributed by atoms with Crippen LogP contribution in [0.1, 0.15) is 71.0 Å². The van der Waals surface area contributed by atoms with Gasteiger partial charge < -0.3 is 5.32 Å². The molecule has 11 nitrogen and oxygen atoms in total. The number of anilines is 4. The molecule has 0 bridgehead atoms. The van der Waals surface area contributed by atoms with Crippen LogP contribution in [0.15, 0.2) is 64.8 Å². The smallest absolute Gasteiger partial charge is 0.237 e. The zero-order chi connectivity index (χ0) is 38.6. The molecule has 3 aromatic heterocycles. The Kier molecular flexibility index (Phi) is 9.74. The van der Waals surface area contributed by atoms with E-state index in [1.807, 2.05) is 106 Å². The summed E-state index contributed by atoms with van der Waals surface area (Å²) in [6.45, 7) is 19.6. The number of fused-ring (bicyclic) bond motifs is 1. The normalized spacial score (nSPS) is 12.1. The zero-order valence-corrected chi connectivity index (χ0v) is 33.5. The maximum Gasteiger partial charge on any atom is 0.237 e. The van der Waals surface area contributed by atoms with E-state index in [0.717, 1.165) is 49.3 Å².